The lowest BCUT2D eigenvalue weighted by Crippen LogP contribution is -1.99. The first-order valence-electron chi connectivity index (χ1n) is 21.8. The lowest BCUT2D eigenvalue weighted by Gasteiger charge is -2.14. The van der Waals surface area contributed by atoms with Gasteiger partial charge < -0.3 is 13.7 Å². The highest BCUT2D eigenvalue weighted by Gasteiger charge is 2.20. The standard InChI is InChI=1S/C59H39N5/c1-38-34-41(28-31-44(38)52-37-51(39-16-4-2-5-17-39)60-59(61-52)40-18-6-3-7-19-40)62-57-32-29-42(63-53-24-12-8-20-45(53)46-21-9-13-25-54(46)63)35-49(57)50-36-43(30-33-58(50)62)64-55-26-14-10-22-47(55)48-23-11-15-27-56(48)64/h2-37H,1H3. The molecule has 64 heavy (non-hydrogen) atoms. The molecule has 13 rings (SSSR count). The molecule has 4 aromatic heterocycles. The maximum atomic E-state index is 5.18. The fourth-order valence-electron chi connectivity index (χ4n) is 10.1. The second kappa shape index (κ2) is 14.3. The summed E-state index contributed by atoms with van der Waals surface area (Å²) in [6.45, 7) is 2.19. The van der Waals surface area contributed by atoms with Gasteiger partial charge in [0.25, 0.3) is 0 Å². The average molecular weight is 818 g/mol. The molecule has 5 nitrogen and oxygen atoms in total. The summed E-state index contributed by atoms with van der Waals surface area (Å²) < 4.78 is 7.26. The van der Waals surface area contributed by atoms with Gasteiger partial charge in [-0.25, -0.2) is 9.97 Å². The Morgan fingerprint density at radius 1 is 0.297 bits per heavy atom. The number of para-hydroxylation sites is 4. The summed E-state index contributed by atoms with van der Waals surface area (Å²) in [6, 6.07) is 78.4. The van der Waals surface area contributed by atoms with Gasteiger partial charge in [0.2, 0.25) is 0 Å². The van der Waals surface area contributed by atoms with E-state index in [-0.39, 0.29) is 0 Å². The molecule has 13 aromatic rings. The molecular weight excluding hydrogens is 779 g/mol. The van der Waals surface area contributed by atoms with Crippen molar-refractivity contribution < 1.29 is 0 Å². The van der Waals surface area contributed by atoms with Crippen LogP contribution in [-0.2, 0) is 0 Å². The minimum atomic E-state index is 0.709. The van der Waals surface area contributed by atoms with Gasteiger partial charge >= 0.3 is 0 Å². The van der Waals surface area contributed by atoms with Crippen molar-refractivity contribution in [1.82, 2.24) is 23.7 Å². The van der Waals surface area contributed by atoms with Gasteiger partial charge in [0.05, 0.1) is 44.5 Å². The Morgan fingerprint density at radius 3 is 1.14 bits per heavy atom. The fourth-order valence-corrected chi connectivity index (χ4v) is 10.1. The van der Waals surface area contributed by atoms with E-state index in [1.807, 2.05) is 24.3 Å². The molecule has 0 bridgehead atoms. The molecule has 0 aliphatic heterocycles. The molecule has 0 aliphatic carbocycles. The monoisotopic (exact) mass is 817 g/mol. The number of nitrogens with zero attached hydrogens (tertiary/aromatic N) is 5. The first-order chi connectivity index (χ1) is 31.7. The van der Waals surface area contributed by atoms with E-state index < -0.39 is 0 Å². The first-order valence-corrected chi connectivity index (χ1v) is 21.8. The Morgan fingerprint density at radius 2 is 0.672 bits per heavy atom. The smallest absolute Gasteiger partial charge is 0.160 e. The molecule has 5 heteroatoms. The third-order valence-corrected chi connectivity index (χ3v) is 13.0. The van der Waals surface area contributed by atoms with E-state index in [4.69, 9.17) is 9.97 Å². The van der Waals surface area contributed by atoms with Crippen molar-refractivity contribution in [3.63, 3.8) is 0 Å². The van der Waals surface area contributed by atoms with Crippen molar-refractivity contribution in [3.8, 4) is 51.0 Å². The van der Waals surface area contributed by atoms with Gasteiger partial charge in [0.15, 0.2) is 5.82 Å². The van der Waals surface area contributed by atoms with Gasteiger partial charge in [-0.15, -0.1) is 0 Å². The molecule has 300 valence electrons. The zero-order valence-corrected chi connectivity index (χ0v) is 35.0. The minimum Gasteiger partial charge on any atom is -0.309 e. The van der Waals surface area contributed by atoms with E-state index in [1.54, 1.807) is 0 Å². The quantitative estimate of drug-likeness (QED) is 0.168. The van der Waals surface area contributed by atoms with Gasteiger partial charge in [-0.05, 0) is 91.3 Å². The van der Waals surface area contributed by atoms with Crippen LogP contribution in [-0.4, -0.2) is 23.7 Å². The summed E-state index contributed by atoms with van der Waals surface area (Å²) in [7, 11) is 0. The van der Waals surface area contributed by atoms with Crippen molar-refractivity contribution in [2.45, 2.75) is 6.92 Å². The molecule has 0 amide bonds. The second-order valence-corrected chi connectivity index (χ2v) is 16.7. The maximum Gasteiger partial charge on any atom is 0.160 e. The molecule has 9 aromatic carbocycles. The molecule has 0 aliphatic rings. The number of hydrogen-bond acceptors (Lipinski definition) is 2. The zero-order chi connectivity index (χ0) is 42.3. The van der Waals surface area contributed by atoms with Crippen LogP contribution in [0.4, 0.5) is 0 Å². The van der Waals surface area contributed by atoms with Crippen molar-refractivity contribution >= 4 is 65.4 Å². The van der Waals surface area contributed by atoms with Crippen LogP contribution in [0, 0.1) is 6.92 Å². The van der Waals surface area contributed by atoms with Crippen LogP contribution >= 0.6 is 0 Å². The van der Waals surface area contributed by atoms with Gasteiger partial charge in [0, 0.05) is 66.1 Å². The number of benzene rings is 9. The van der Waals surface area contributed by atoms with Crippen molar-refractivity contribution in [2.75, 3.05) is 0 Å². The minimum absolute atomic E-state index is 0.709. The van der Waals surface area contributed by atoms with Crippen LogP contribution in [0.15, 0.2) is 218 Å². The Balaban J connectivity index is 1.03. The van der Waals surface area contributed by atoms with E-state index in [0.29, 0.717) is 5.82 Å². The first kappa shape index (κ1) is 36.1. The van der Waals surface area contributed by atoms with Gasteiger partial charge in [-0.2, -0.15) is 0 Å². The Kier molecular flexibility index (Phi) is 8.06. The maximum absolute atomic E-state index is 5.18. The lowest BCUT2D eigenvalue weighted by atomic mass is 10.0. The van der Waals surface area contributed by atoms with Gasteiger partial charge in [0.1, 0.15) is 0 Å². The molecular formula is C59H39N5. The van der Waals surface area contributed by atoms with Crippen molar-refractivity contribution in [1.29, 1.82) is 0 Å². The molecule has 0 saturated carbocycles. The third kappa shape index (κ3) is 5.57. The van der Waals surface area contributed by atoms with E-state index in [2.05, 4.69) is 215 Å². The summed E-state index contributed by atoms with van der Waals surface area (Å²) in [6.07, 6.45) is 0. The van der Waals surface area contributed by atoms with Crippen LogP contribution in [0.2, 0.25) is 0 Å². The predicted molar refractivity (Wildman–Crippen MR) is 266 cm³/mol. The van der Waals surface area contributed by atoms with Crippen molar-refractivity contribution in [2.24, 2.45) is 0 Å². The number of fused-ring (bicyclic) bond motifs is 9. The zero-order valence-electron chi connectivity index (χ0n) is 35.0. The Bertz CT molecular complexity index is 3630. The fraction of sp³-hybridized carbons (Fsp3) is 0.0169. The molecule has 0 fully saturated rings. The largest absolute Gasteiger partial charge is 0.309 e. The summed E-state index contributed by atoms with van der Waals surface area (Å²) in [4.78, 5) is 10.2. The molecule has 0 atom stereocenters. The highest BCUT2D eigenvalue weighted by Crippen LogP contribution is 2.40. The number of aryl methyl sites for hydroxylation is 1. The molecule has 0 radical (unpaired) electrons. The topological polar surface area (TPSA) is 40.6 Å². The number of rotatable bonds is 6. The van der Waals surface area contributed by atoms with Crippen LogP contribution in [0.3, 0.4) is 0 Å². The van der Waals surface area contributed by atoms with Crippen LogP contribution in [0.25, 0.3) is 116 Å². The van der Waals surface area contributed by atoms with E-state index in [1.165, 1.54) is 54.4 Å². The van der Waals surface area contributed by atoms with Crippen LogP contribution < -0.4 is 0 Å². The number of aromatic nitrogens is 5. The summed E-state index contributed by atoms with van der Waals surface area (Å²) in [5, 5.41) is 7.38. The Labute approximate surface area is 369 Å². The predicted octanol–water partition coefficient (Wildman–Crippen LogP) is 15.1. The van der Waals surface area contributed by atoms with Crippen molar-refractivity contribution in [3.05, 3.63) is 224 Å². The average Bonchev–Trinajstić information content (AvgIpc) is 3.99. The summed E-state index contributed by atoms with van der Waals surface area (Å²) in [5.74, 6) is 0.709. The van der Waals surface area contributed by atoms with Gasteiger partial charge in [-0.1, -0.05) is 140 Å². The SMILES string of the molecule is Cc1cc(-n2c3ccc(-n4c5ccccc5c5ccccc54)cc3c3cc(-n4c5ccccc5c5ccccc54)ccc32)ccc1-c1cc(-c2ccccc2)nc(-c2ccccc2)n1. The van der Waals surface area contributed by atoms with E-state index in [9.17, 15) is 0 Å². The Hall–Kier alpha value is -8.54. The highest BCUT2D eigenvalue weighted by atomic mass is 15.0. The third-order valence-electron chi connectivity index (χ3n) is 13.0. The summed E-state index contributed by atoms with van der Waals surface area (Å²) in [5.41, 5.74) is 16.5. The molecule has 0 unspecified atom stereocenters. The molecule has 0 saturated heterocycles. The van der Waals surface area contributed by atoms with E-state index >= 15 is 0 Å². The van der Waals surface area contributed by atoms with E-state index in [0.717, 1.165) is 61.7 Å². The van der Waals surface area contributed by atoms with Gasteiger partial charge in [-0.3, -0.25) is 0 Å². The lowest BCUT2D eigenvalue weighted by molar-refractivity contribution is 1.15. The normalized spacial score (nSPS) is 11.8. The molecule has 4 heterocycles. The highest BCUT2D eigenvalue weighted by molar-refractivity contribution is 6.14. The van der Waals surface area contributed by atoms with Crippen LogP contribution in [0.5, 0.6) is 0 Å². The molecule has 0 spiro atoms. The second-order valence-electron chi connectivity index (χ2n) is 16.7. The summed E-state index contributed by atoms with van der Waals surface area (Å²) >= 11 is 0. The van der Waals surface area contributed by atoms with Crippen LogP contribution in [0.1, 0.15) is 5.56 Å². The molecule has 0 N–H and O–H groups in total. The number of hydrogen-bond donors (Lipinski definition) is 0.